The molecule has 0 saturated heterocycles. The molecule has 126 valence electrons. The number of carbonyl (C=O) groups is 2. The van der Waals surface area contributed by atoms with Gasteiger partial charge < -0.3 is 0 Å². The van der Waals surface area contributed by atoms with Gasteiger partial charge in [-0.1, -0.05) is 0 Å². The van der Waals surface area contributed by atoms with Gasteiger partial charge in [0, 0.05) is 0 Å². The van der Waals surface area contributed by atoms with Gasteiger partial charge in [-0.05, 0) is 0 Å². The number of halogens is 2. The molecule has 2 aromatic carbocycles. The van der Waals surface area contributed by atoms with Crippen LogP contribution >= 0.6 is 23.2 Å². The zero-order valence-electron chi connectivity index (χ0n) is 12.4. The van der Waals surface area contributed by atoms with Crippen molar-refractivity contribution >= 4 is 87.7 Å². The second-order valence-corrected chi connectivity index (χ2v) is 14.9. The van der Waals surface area contributed by atoms with Crippen LogP contribution < -0.4 is 17.9 Å². The van der Waals surface area contributed by atoms with Gasteiger partial charge >= 0.3 is 168 Å². The Hall–Kier alpha value is -0.461. The standard InChI is InChI=1S/C16H14Cl2N2O2Te2/c17-9-15(21)19-11-5-1-3-7-13(11)23-24-14-8-4-2-6-12(14)20-16(22)10-18/h1-8H,9-10H2,(H,19,21)(H,20,22). The fourth-order valence-corrected chi connectivity index (χ4v) is 13.3. The number of amides is 2. The van der Waals surface area contributed by atoms with E-state index in [1.807, 2.05) is 36.4 Å². The Morgan fingerprint density at radius 3 is 1.50 bits per heavy atom. The fraction of sp³-hybridized carbons (Fsp3) is 0.125. The van der Waals surface area contributed by atoms with E-state index in [4.69, 9.17) is 23.2 Å². The molecule has 0 radical (unpaired) electrons. The van der Waals surface area contributed by atoms with E-state index in [1.54, 1.807) is 0 Å². The Labute approximate surface area is 167 Å². The summed E-state index contributed by atoms with van der Waals surface area (Å²) in [6, 6.07) is 15.7. The number of alkyl halides is 2. The van der Waals surface area contributed by atoms with Gasteiger partial charge in [0.2, 0.25) is 0 Å². The molecule has 4 nitrogen and oxygen atoms in total. The second kappa shape index (κ2) is 10.5. The van der Waals surface area contributed by atoms with Gasteiger partial charge in [0.1, 0.15) is 0 Å². The van der Waals surface area contributed by atoms with Crippen molar-refractivity contribution in [1.29, 1.82) is 0 Å². The summed E-state index contributed by atoms with van der Waals surface area (Å²) in [7, 11) is 0. The van der Waals surface area contributed by atoms with E-state index in [1.165, 1.54) is 7.22 Å². The number of hydrogen-bond acceptors (Lipinski definition) is 2. The molecule has 0 fully saturated rings. The Morgan fingerprint density at radius 2 is 1.12 bits per heavy atom. The third-order valence-electron chi connectivity index (χ3n) is 2.79. The van der Waals surface area contributed by atoms with Crippen molar-refractivity contribution in [2.24, 2.45) is 0 Å². The molecule has 0 aliphatic heterocycles. The summed E-state index contributed by atoms with van der Waals surface area (Å²) < 4.78 is 2.39. The first-order chi connectivity index (χ1) is 11.6. The molecule has 0 bridgehead atoms. The zero-order chi connectivity index (χ0) is 17.4. The molecule has 0 heterocycles. The van der Waals surface area contributed by atoms with Crippen LogP contribution in [0.15, 0.2) is 48.5 Å². The van der Waals surface area contributed by atoms with Crippen molar-refractivity contribution in [2.75, 3.05) is 22.4 Å². The van der Waals surface area contributed by atoms with E-state index in [0.717, 1.165) is 11.4 Å². The van der Waals surface area contributed by atoms with E-state index in [9.17, 15) is 9.59 Å². The van der Waals surface area contributed by atoms with Gasteiger partial charge in [-0.3, -0.25) is 0 Å². The summed E-state index contributed by atoms with van der Waals surface area (Å²) in [6.07, 6.45) is 0. The molecule has 0 aliphatic carbocycles. The SMILES string of the molecule is O=C(CCl)Nc1ccccc1[Te][Te]c1ccccc1NC(=O)CCl. The van der Waals surface area contributed by atoms with Gasteiger partial charge in [0.05, 0.1) is 0 Å². The number of anilines is 2. The molecule has 2 amide bonds. The van der Waals surface area contributed by atoms with Gasteiger partial charge in [0.15, 0.2) is 0 Å². The van der Waals surface area contributed by atoms with E-state index in [2.05, 4.69) is 22.8 Å². The Balaban J connectivity index is 2.11. The minimum atomic E-state index is -0.473. The average molecular weight is 592 g/mol. The molecule has 8 heteroatoms. The molecule has 0 atom stereocenters. The predicted molar refractivity (Wildman–Crippen MR) is 102 cm³/mol. The van der Waals surface area contributed by atoms with Crippen molar-refractivity contribution in [1.82, 2.24) is 0 Å². The van der Waals surface area contributed by atoms with Crippen LogP contribution in [0.25, 0.3) is 0 Å². The summed E-state index contributed by atoms with van der Waals surface area (Å²) in [5, 5.41) is 5.70. The molecular formula is C16H14Cl2N2O2Te2. The quantitative estimate of drug-likeness (QED) is 0.377. The summed E-state index contributed by atoms with van der Waals surface area (Å²) in [5.41, 5.74) is 1.69. The molecule has 2 N–H and O–H groups in total. The number of nitrogens with one attached hydrogen (secondary N) is 2. The summed E-state index contributed by atoms with van der Waals surface area (Å²) in [6.45, 7) is 0. The molecule has 2 rings (SSSR count). The average Bonchev–Trinajstić information content (AvgIpc) is 2.61. The first-order valence-electron chi connectivity index (χ1n) is 6.88. The van der Waals surface area contributed by atoms with E-state index < -0.39 is 34.1 Å². The van der Waals surface area contributed by atoms with Gasteiger partial charge in [-0.2, -0.15) is 0 Å². The number of hydrogen-bond donors (Lipinski definition) is 2. The topological polar surface area (TPSA) is 58.2 Å². The van der Waals surface area contributed by atoms with Crippen LogP contribution in [0, 0.1) is 0 Å². The molecule has 0 unspecified atom stereocenters. The third kappa shape index (κ3) is 6.12. The monoisotopic (exact) mass is 596 g/mol. The first-order valence-corrected chi connectivity index (χ1v) is 17.6. The normalized spacial score (nSPS) is 10.2. The minimum absolute atomic E-state index is 0.0567. The summed E-state index contributed by atoms with van der Waals surface area (Å²) >= 11 is 10.2. The Morgan fingerprint density at radius 1 is 0.750 bits per heavy atom. The number of carbonyl (C=O) groups excluding carboxylic acids is 2. The number of para-hydroxylation sites is 2. The van der Waals surface area contributed by atoms with Gasteiger partial charge in [-0.25, -0.2) is 0 Å². The third-order valence-corrected chi connectivity index (χ3v) is 15.0. The van der Waals surface area contributed by atoms with Crippen molar-refractivity contribution < 1.29 is 9.59 Å². The first kappa shape index (κ1) is 19.9. The van der Waals surface area contributed by atoms with E-state index in [0.29, 0.717) is 0 Å². The molecule has 0 aliphatic rings. The predicted octanol–water partition coefficient (Wildman–Crippen LogP) is 1.32. The number of rotatable bonds is 7. The van der Waals surface area contributed by atoms with Gasteiger partial charge in [0.25, 0.3) is 0 Å². The van der Waals surface area contributed by atoms with E-state index in [-0.39, 0.29) is 23.6 Å². The summed E-state index contributed by atoms with van der Waals surface area (Å²) in [4.78, 5) is 23.1. The van der Waals surface area contributed by atoms with E-state index >= 15 is 0 Å². The van der Waals surface area contributed by atoms with Gasteiger partial charge in [-0.15, -0.1) is 0 Å². The van der Waals surface area contributed by atoms with Crippen LogP contribution in [0.4, 0.5) is 11.4 Å². The Kier molecular flexibility index (Phi) is 8.70. The molecule has 24 heavy (non-hydrogen) atoms. The van der Waals surface area contributed by atoms with Crippen molar-refractivity contribution in [3.05, 3.63) is 48.5 Å². The second-order valence-electron chi connectivity index (χ2n) is 4.52. The molecule has 0 saturated carbocycles. The van der Waals surface area contributed by atoms with Crippen molar-refractivity contribution in [3.63, 3.8) is 0 Å². The van der Waals surface area contributed by atoms with Crippen molar-refractivity contribution in [3.8, 4) is 0 Å². The molecule has 0 spiro atoms. The zero-order valence-corrected chi connectivity index (χ0v) is 18.6. The molecule has 0 aromatic heterocycles. The number of benzene rings is 2. The van der Waals surface area contributed by atoms with Crippen LogP contribution in [0.2, 0.25) is 0 Å². The Bertz CT molecular complexity index is 667. The van der Waals surface area contributed by atoms with Crippen LogP contribution in [-0.2, 0) is 9.59 Å². The summed E-state index contributed by atoms with van der Waals surface area (Å²) in [5.74, 6) is -0.517. The maximum atomic E-state index is 11.5. The van der Waals surface area contributed by atoms with Crippen LogP contribution in [0.5, 0.6) is 0 Å². The fourth-order valence-electron chi connectivity index (χ4n) is 1.74. The molecule has 2 aromatic rings. The van der Waals surface area contributed by atoms with Crippen molar-refractivity contribution in [2.45, 2.75) is 0 Å². The van der Waals surface area contributed by atoms with Crippen LogP contribution in [0.3, 0.4) is 0 Å². The maximum absolute atomic E-state index is 11.5. The van der Waals surface area contributed by atoms with Crippen LogP contribution in [0.1, 0.15) is 0 Å². The van der Waals surface area contributed by atoms with Crippen LogP contribution in [-0.4, -0.2) is 57.7 Å². The molecular weight excluding hydrogens is 578 g/mol.